The van der Waals surface area contributed by atoms with Gasteiger partial charge in [-0.05, 0) is 19.8 Å². The van der Waals surface area contributed by atoms with E-state index in [9.17, 15) is 4.79 Å². The van der Waals surface area contributed by atoms with Crippen LogP contribution in [0.2, 0.25) is 0 Å². The van der Waals surface area contributed by atoms with Gasteiger partial charge in [0.2, 0.25) is 0 Å². The number of aromatic amines is 1. The topological polar surface area (TPSA) is 32.9 Å². The van der Waals surface area contributed by atoms with Gasteiger partial charge in [-0.25, -0.2) is 0 Å². The maximum Gasteiger partial charge on any atom is 0.304 e. The lowest BCUT2D eigenvalue weighted by atomic mass is 10.2. The van der Waals surface area contributed by atoms with Crippen molar-refractivity contribution in [1.29, 1.82) is 0 Å². The summed E-state index contributed by atoms with van der Waals surface area (Å²) in [6.45, 7) is 4.15. The minimum atomic E-state index is 0.0774. The van der Waals surface area contributed by atoms with Gasteiger partial charge in [0.05, 0.1) is 0 Å². The van der Waals surface area contributed by atoms with Crippen LogP contribution < -0.4 is 4.87 Å². The first-order valence-electron chi connectivity index (χ1n) is 3.92. The molecule has 0 aliphatic rings. The number of nitrogens with one attached hydrogen (secondary N) is 1. The van der Waals surface area contributed by atoms with E-state index in [0.717, 1.165) is 23.4 Å². The predicted molar refractivity (Wildman–Crippen MR) is 48.3 cm³/mol. The van der Waals surface area contributed by atoms with Crippen LogP contribution in [0.25, 0.3) is 0 Å². The van der Waals surface area contributed by atoms with Crippen LogP contribution >= 0.6 is 11.3 Å². The molecule has 0 saturated carbocycles. The average molecular weight is 171 g/mol. The number of hydrogen-bond acceptors (Lipinski definition) is 2. The fourth-order valence-corrected chi connectivity index (χ4v) is 1.76. The highest BCUT2D eigenvalue weighted by Gasteiger charge is 2.01. The van der Waals surface area contributed by atoms with Crippen molar-refractivity contribution in [2.45, 2.75) is 33.1 Å². The fraction of sp³-hybridized carbons (Fsp3) is 0.625. The predicted octanol–water partition coefficient (Wildman–Crippen LogP) is 2.09. The second-order valence-electron chi connectivity index (χ2n) is 2.65. The Labute approximate surface area is 70.3 Å². The third-order valence-electron chi connectivity index (χ3n) is 1.70. The first-order valence-corrected chi connectivity index (χ1v) is 4.74. The minimum Gasteiger partial charge on any atom is -0.316 e. The van der Waals surface area contributed by atoms with Crippen molar-refractivity contribution in [2.24, 2.45) is 0 Å². The fourth-order valence-electron chi connectivity index (χ4n) is 1.03. The van der Waals surface area contributed by atoms with Gasteiger partial charge in [0.15, 0.2) is 0 Å². The number of H-pyrrole nitrogens is 1. The van der Waals surface area contributed by atoms with Crippen molar-refractivity contribution < 1.29 is 0 Å². The van der Waals surface area contributed by atoms with Gasteiger partial charge in [-0.3, -0.25) is 4.79 Å². The summed E-state index contributed by atoms with van der Waals surface area (Å²) in [5, 5.41) is 0. The number of aryl methyl sites for hydroxylation is 2. The van der Waals surface area contributed by atoms with E-state index in [1.807, 2.05) is 6.92 Å². The molecule has 0 bridgehead atoms. The van der Waals surface area contributed by atoms with E-state index >= 15 is 0 Å². The van der Waals surface area contributed by atoms with E-state index in [2.05, 4.69) is 11.9 Å². The molecule has 0 amide bonds. The molecule has 0 saturated heterocycles. The second kappa shape index (κ2) is 3.72. The third-order valence-corrected chi connectivity index (χ3v) is 2.54. The summed E-state index contributed by atoms with van der Waals surface area (Å²) in [4.78, 5) is 14.9. The quantitative estimate of drug-likeness (QED) is 0.742. The standard InChI is InChI=1S/C8H13NOS/c1-3-4-5-7-6(2)11-8(10)9-7/h3-5H2,1-2H3,(H,9,10). The van der Waals surface area contributed by atoms with Gasteiger partial charge in [-0.2, -0.15) is 0 Å². The van der Waals surface area contributed by atoms with Crippen molar-refractivity contribution in [3.05, 3.63) is 20.2 Å². The molecular formula is C8H13NOS. The highest BCUT2D eigenvalue weighted by molar-refractivity contribution is 7.09. The molecule has 1 heterocycles. The Balaban J connectivity index is 2.69. The largest absolute Gasteiger partial charge is 0.316 e. The SMILES string of the molecule is CCCCc1[nH]c(=O)sc1C. The first-order chi connectivity index (χ1) is 5.24. The Kier molecular flexibility index (Phi) is 2.88. The van der Waals surface area contributed by atoms with Crippen LogP contribution in [-0.2, 0) is 6.42 Å². The lowest BCUT2D eigenvalue weighted by Crippen LogP contribution is -1.95. The maximum atomic E-state index is 10.8. The van der Waals surface area contributed by atoms with Crippen LogP contribution in [0.15, 0.2) is 4.79 Å². The summed E-state index contributed by atoms with van der Waals surface area (Å²) in [5.74, 6) is 0. The summed E-state index contributed by atoms with van der Waals surface area (Å²) in [6, 6.07) is 0. The first kappa shape index (κ1) is 8.53. The van der Waals surface area contributed by atoms with Gasteiger partial charge in [0.1, 0.15) is 0 Å². The lowest BCUT2D eigenvalue weighted by Gasteiger charge is -1.94. The van der Waals surface area contributed by atoms with Crippen LogP contribution in [0.4, 0.5) is 0 Å². The van der Waals surface area contributed by atoms with Crippen LogP contribution in [0.5, 0.6) is 0 Å². The average Bonchev–Trinajstić information content (AvgIpc) is 2.26. The van der Waals surface area contributed by atoms with Gasteiger partial charge in [-0.15, -0.1) is 0 Å². The number of unbranched alkanes of at least 4 members (excludes halogenated alkanes) is 1. The Morgan fingerprint density at radius 2 is 2.27 bits per heavy atom. The molecule has 1 N–H and O–H groups in total. The molecule has 0 atom stereocenters. The van der Waals surface area contributed by atoms with E-state index in [1.54, 1.807) is 0 Å². The van der Waals surface area contributed by atoms with Crippen molar-refractivity contribution in [1.82, 2.24) is 4.98 Å². The van der Waals surface area contributed by atoms with E-state index in [-0.39, 0.29) is 4.87 Å². The van der Waals surface area contributed by atoms with Gasteiger partial charge in [-0.1, -0.05) is 24.7 Å². The number of hydrogen-bond donors (Lipinski definition) is 1. The molecule has 1 rings (SSSR count). The van der Waals surface area contributed by atoms with E-state index in [4.69, 9.17) is 0 Å². The highest BCUT2D eigenvalue weighted by atomic mass is 32.1. The molecule has 0 aromatic carbocycles. The smallest absolute Gasteiger partial charge is 0.304 e. The lowest BCUT2D eigenvalue weighted by molar-refractivity contribution is 0.776. The summed E-state index contributed by atoms with van der Waals surface area (Å²) in [5.41, 5.74) is 1.13. The van der Waals surface area contributed by atoms with Gasteiger partial charge in [0, 0.05) is 10.6 Å². The molecule has 2 nitrogen and oxygen atoms in total. The molecule has 1 aromatic rings. The Hall–Kier alpha value is -0.570. The summed E-state index contributed by atoms with van der Waals surface area (Å²) >= 11 is 1.31. The molecule has 0 spiro atoms. The molecule has 1 aromatic heterocycles. The van der Waals surface area contributed by atoms with Gasteiger partial charge in [0.25, 0.3) is 0 Å². The number of thiazole rings is 1. The van der Waals surface area contributed by atoms with Crippen molar-refractivity contribution in [2.75, 3.05) is 0 Å². The number of aromatic nitrogens is 1. The zero-order chi connectivity index (χ0) is 8.27. The Morgan fingerprint density at radius 3 is 2.73 bits per heavy atom. The monoisotopic (exact) mass is 171 g/mol. The number of rotatable bonds is 3. The van der Waals surface area contributed by atoms with E-state index in [1.165, 1.54) is 17.8 Å². The van der Waals surface area contributed by atoms with Crippen molar-refractivity contribution in [3.63, 3.8) is 0 Å². The molecule has 0 fully saturated rings. The van der Waals surface area contributed by atoms with E-state index < -0.39 is 0 Å². The summed E-state index contributed by atoms with van der Waals surface area (Å²) < 4.78 is 0. The zero-order valence-electron chi connectivity index (χ0n) is 6.94. The van der Waals surface area contributed by atoms with Gasteiger partial charge >= 0.3 is 4.87 Å². The molecule has 0 unspecified atom stereocenters. The molecule has 0 aliphatic carbocycles. The van der Waals surface area contributed by atoms with Crippen LogP contribution in [-0.4, -0.2) is 4.98 Å². The second-order valence-corrected chi connectivity index (χ2v) is 3.84. The Bertz CT molecular complexity index is 274. The third kappa shape index (κ3) is 2.19. The molecule has 0 radical (unpaired) electrons. The van der Waals surface area contributed by atoms with Crippen LogP contribution in [0.3, 0.4) is 0 Å². The zero-order valence-corrected chi connectivity index (χ0v) is 7.75. The normalized spacial score (nSPS) is 10.4. The molecule has 11 heavy (non-hydrogen) atoms. The summed E-state index contributed by atoms with van der Waals surface area (Å²) in [6.07, 6.45) is 3.35. The van der Waals surface area contributed by atoms with Gasteiger partial charge < -0.3 is 4.98 Å². The molecule has 0 aliphatic heterocycles. The minimum absolute atomic E-state index is 0.0774. The van der Waals surface area contributed by atoms with Crippen molar-refractivity contribution in [3.8, 4) is 0 Å². The van der Waals surface area contributed by atoms with Crippen LogP contribution in [0, 0.1) is 6.92 Å². The van der Waals surface area contributed by atoms with E-state index in [0.29, 0.717) is 0 Å². The Morgan fingerprint density at radius 1 is 1.55 bits per heavy atom. The summed E-state index contributed by atoms with van der Waals surface area (Å²) in [7, 11) is 0. The maximum absolute atomic E-state index is 10.8. The molecule has 62 valence electrons. The molecule has 3 heteroatoms. The van der Waals surface area contributed by atoms with Crippen LogP contribution in [0.1, 0.15) is 30.3 Å². The highest BCUT2D eigenvalue weighted by Crippen LogP contribution is 2.09. The molecular weight excluding hydrogens is 158 g/mol. The van der Waals surface area contributed by atoms with Crippen molar-refractivity contribution >= 4 is 11.3 Å².